The van der Waals surface area contributed by atoms with Crippen LogP contribution in [0.2, 0.25) is 0 Å². The third kappa shape index (κ3) is 4.17. The normalized spacial score (nSPS) is 13.5. The summed E-state index contributed by atoms with van der Waals surface area (Å²) in [6.45, 7) is 1.89. The molecule has 0 bridgehead atoms. The lowest BCUT2D eigenvalue weighted by Gasteiger charge is -2.14. The highest BCUT2D eigenvalue weighted by atomic mass is 19.1. The molecule has 142 valence electrons. The standard InChI is InChI=1S/C22H20FN3O2/c23-18-8-6-16(7-9-18)15-28-19-5-3-4-17(12-19)20-13-24-14-21(25-20)22(27)26-10-1-2-11-26/h3-9,12-14H,1-2,10-11,15H2. The maximum absolute atomic E-state index is 13.0. The van der Waals surface area contributed by atoms with Crippen molar-refractivity contribution in [1.29, 1.82) is 0 Å². The minimum Gasteiger partial charge on any atom is -0.489 e. The van der Waals surface area contributed by atoms with Crippen molar-refractivity contribution in [1.82, 2.24) is 14.9 Å². The van der Waals surface area contributed by atoms with Gasteiger partial charge in [-0.1, -0.05) is 24.3 Å². The Morgan fingerprint density at radius 2 is 1.86 bits per heavy atom. The predicted molar refractivity (Wildman–Crippen MR) is 103 cm³/mol. The number of carbonyl (C=O) groups is 1. The molecule has 1 aliphatic heterocycles. The van der Waals surface area contributed by atoms with Crippen LogP contribution in [0, 0.1) is 5.82 Å². The Labute approximate surface area is 162 Å². The van der Waals surface area contributed by atoms with Gasteiger partial charge in [0, 0.05) is 18.7 Å². The number of halogens is 1. The molecule has 4 rings (SSSR count). The monoisotopic (exact) mass is 377 g/mol. The second-order valence-corrected chi connectivity index (χ2v) is 6.73. The van der Waals surface area contributed by atoms with Crippen molar-refractivity contribution in [3.8, 4) is 17.0 Å². The minimum absolute atomic E-state index is 0.0736. The van der Waals surface area contributed by atoms with Crippen molar-refractivity contribution in [2.75, 3.05) is 13.1 Å². The van der Waals surface area contributed by atoms with E-state index in [0.29, 0.717) is 23.7 Å². The van der Waals surface area contributed by atoms with Gasteiger partial charge in [-0.3, -0.25) is 9.78 Å². The smallest absolute Gasteiger partial charge is 0.274 e. The van der Waals surface area contributed by atoms with Gasteiger partial charge in [0.1, 0.15) is 23.9 Å². The number of carbonyl (C=O) groups excluding carboxylic acids is 1. The van der Waals surface area contributed by atoms with Gasteiger partial charge in [-0.25, -0.2) is 9.37 Å². The van der Waals surface area contributed by atoms with Crippen molar-refractivity contribution < 1.29 is 13.9 Å². The van der Waals surface area contributed by atoms with E-state index in [1.807, 2.05) is 29.2 Å². The number of aromatic nitrogens is 2. The molecule has 0 spiro atoms. The molecular weight excluding hydrogens is 357 g/mol. The van der Waals surface area contributed by atoms with Crippen molar-refractivity contribution in [3.05, 3.63) is 78.0 Å². The van der Waals surface area contributed by atoms with Gasteiger partial charge >= 0.3 is 0 Å². The molecule has 1 saturated heterocycles. The quantitative estimate of drug-likeness (QED) is 0.672. The van der Waals surface area contributed by atoms with E-state index in [4.69, 9.17) is 4.74 Å². The highest BCUT2D eigenvalue weighted by molar-refractivity contribution is 5.92. The lowest BCUT2D eigenvalue weighted by molar-refractivity contribution is 0.0786. The maximum Gasteiger partial charge on any atom is 0.274 e. The van der Waals surface area contributed by atoms with Crippen LogP contribution in [0.4, 0.5) is 4.39 Å². The van der Waals surface area contributed by atoms with Gasteiger partial charge in [0.2, 0.25) is 0 Å². The van der Waals surface area contributed by atoms with Crippen LogP contribution in [0.25, 0.3) is 11.3 Å². The average molecular weight is 377 g/mol. The van der Waals surface area contributed by atoms with Gasteiger partial charge in [-0.15, -0.1) is 0 Å². The molecule has 5 nitrogen and oxygen atoms in total. The molecule has 1 aromatic heterocycles. The predicted octanol–water partition coefficient (Wildman–Crippen LogP) is 4.10. The van der Waals surface area contributed by atoms with Crippen molar-refractivity contribution in [2.24, 2.45) is 0 Å². The summed E-state index contributed by atoms with van der Waals surface area (Å²) in [4.78, 5) is 23.1. The van der Waals surface area contributed by atoms with Gasteiger partial charge < -0.3 is 9.64 Å². The first-order valence-electron chi connectivity index (χ1n) is 9.28. The Balaban J connectivity index is 1.50. The molecule has 2 heterocycles. The Kier molecular flexibility index (Phi) is 5.28. The fraction of sp³-hybridized carbons (Fsp3) is 0.227. The molecule has 1 amide bonds. The maximum atomic E-state index is 13.0. The number of hydrogen-bond donors (Lipinski definition) is 0. The number of nitrogens with zero attached hydrogens (tertiary/aromatic N) is 3. The summed E-state index contributed by atoms with van der Waals surface area (Å²) in [7, 11) is 0. The van der Waals surface area contributed by atoms with Crippen molar-refractivity contribution >= 4 is 5.91 Å². The molecule has 1 fully saturated rings. The van der Waals surface area contributed by atoms with E-state index in [9.17, 15) is 9.18 Å². The SMILES string of the molecule is O=C(c1cncc(-c2cccc(OCc3ccc(F)cc3)c2)n1)N1CCCC1. The van der Waals surface area contributed by atoms with Crippen LogP contribution in [-0.2, 0) is 6.61 Å². The fourth-order valence-electron chi connectivity index (χ4n) is 3.18. The summed E-state index contributed by atoms with van der Waals surface area (Å²) in [5, 5.41) is 0. The molecule has 0 N–H and O–H groups in total. The first-order chi connectivity index (χ1) is 13.7. The summed E-state index contributed by atoms with van der Waals surface area (Å²) >= 11 is 0. The van der Waals surface area contributed by atoms with Crippen LogP contribution in [0.5, 0.6) is 5.75 Å². The molecule has 3 aromatic rings. The Morgan fingerprint density at radius 1 is 1.07 bits per heavy atom. The minimum atomic E-state index is -0.271. The van der Waals surface area contributed by atoms with Crippen LogP contribution in [0.1, 0.15) is 28.9 Å². The lowest BCUT2D eigenvalue weighted by Crippen LogP contribution is -2.28. The Morgan fingerprint density at radius 3 is 2.64 bits per heavy atom. The molecule has 1 aliphatic rings. The number of rotatable bonds is 5. The van der Waals surface area contributed by atoms with E-state index in [-0.39, 0.29) is 11.7 Å². The summed E-state index contributed by atoms with van der Waals surface area (Å²) < 4.78 is 18.8. The van der Waals surface area contributed by atoms with E-state index in [2.05, 4.69) is 9.97 Å². The Hall–Kier alpha value is -3.28. The van der Waals surface area contributed by atoms with Gasteiger partial charge in [0.15, 0.2) is 0 Å². The first-order valence-corrected chi connectivity index (χ1v) is 9.28. The fourth-order valence-corrected chi connectivity index (χ4v) is 3.18. The van der Waals surface area contributed by atoms with Crippen LogP contribution < -0.4 is 4.74 Å². The number of benzene rings is 2. The summed E-state index contributed by atoms with van der Waals surface area (Å²) in [5.74, 6) is 0.322. The molecule has 0 radical (unpaired) electrons. The van der Waals surface area contributed by atoms with E-state index < -0.39 is 0 Å². The van der Waals surface area contributed by atoms with Gasteiger partial charge in [-0.2, -0.15) is 0 Å². The molecule has 0 atom stereocenters. The lowest BCUT2D eigenvalue weighted by atomic mass is 10.1. The average Bonchev–Trinajstić information content (AvgIpc) is 3.28. The van der Waals surface area contributed by atoms with Crippen LogP contribution in [-0.4, -0.2) is 33.9 Å². The van der Waals surface area contributed by atoms with Gasteiger partial charge in [0.25, 0.3) is 5.91 Å². The number of amides is 1. The van der Waals surface area contributed by atoms with E-state index in [1.54, 1.807) is 18.3 Å². The van der Waals surface area contributed by atoms with Crippen molar-refractivity contribution in [2.45, 2.75) is 19.4 Å². The highest BCUT2D eigenvalue weighted by Gasteiger charge is 2.21. The Bertz CT molecular complexity index is 970. The number of ether oxygens (including phenoxy) is 1. The second kappa shape index (κ2) is 8.17. The number of hydrogen-bond acceptors (Lipinski definition) is 4. The van der Waals surface area contributed by atoms with Crippen LogP contribution >= 0.6 is 0 Å². The molecule has 0 aliphatic carbocycles. The summed E-state index contributed by atoms with van der Waals surface area (Å²) in [6.07, 6.45) is 5.22. The number of likely N-dealkylation sites (tertiary alicyclic amines) is 1. The summed E-state index contributed by atoms with van der Waals surface area (Å²) in [6, 6.07) is 13.7. The summed E-state index contributed by atoms with van der Waals surface area (Å²) in [5.41, 5.74) is 2.68. The van der Waals surface area contributed by atoms with E-state index in [1.165, 1.54) is 18.3 Å². The van der Waals surface area contributed by atoms with Crippen molar-refractivity contribution in [3.63, 3.8) is 0 Å². The highest BCUT2D eigenvalue weighted by Crippen LogP contribution is 2.23. The van der Waals surface area contributed by atoms with Crippen LogP contribution in [0.3, 0.4) is 0 Å². The third-order valence-electron chi connectivity index (χ3n) is 4.70. The molecule has 2 aromatic carbocycles. The molecule has 0 saturated carbocycles. The van der Waals surface area contributed by atoms with Crippen LogP contribution in [0.15, 0.2) is 60.9 Å². The van der Waals surface area contributed by atoms with E-state index in [0.717, 1.165) is 37.1 Å². The molecule has 0 unspecified atom stereocenters. The second-order valence-electron chi connectivity index (χ2n) is 6.73. The van der Waals surface area contributed by atoms with E-state index >= 15 is 0 Å². The first kappa shape index (κ1) is 18.1. The zero-order valence-corrected chi connectivity index (χ0v) is 15.3. The topological polar surface area (TPSA) is 55.3 Å². The van der Waals surface area contributed by atoms with Gasteiger partial charge in [0.05, 0.1) is 18.1 Å². The zero-order valence-electron chi connectivity index (χ0n) is 15.3. The third-order valence-corrected chi connectivity index (χ3v) is 4.70. The zero-order chi connectivity index (χ0) is 19.3. The molecule has 6 heteroatoms. The largest absolute Gasteiger partial charge is 0.489 e. The van der Waals surface area contributed by atoms with Gasteiger partial charge in [-0.05, 0) is 42.7 Å². The molecule has 28 heavy (non-hydrogen) atoms. The molecular formula is C22H20FN3O2.